The van der Waals surface area contributed by atoms with Crippen LogP contribution in [0.5, 0.6) is 0 Å². The van der Waals surface area contributed by atoms with Crippen LogP contribution in [0.3, 0.4) is 0 Å². The predicted octanol–water partition coefficient (Wildman–Crippen LogP) is 4.50. The Morgan fingerprint density at radius 3 is 2.50 bits per heavy atom. The molecule has 0 aliphatic heterocycles. The molecule has 112 valence electrons. The lowest BCUT2D eigenvalue weighted by Gasteiger charge is -2.36. The summed E-state index contributed by atoms with van der Waals surface area (Å²) >= 11 is 1.81. The van der Waals surface area contributed by atoms with Gasteiger partial charge in [0.15, 0.2) is 0 Å². The fourth-order valence-electron chi connectivity index (χ4n) is 3.17. The highest BCUT2D eigenvalue weighted by molar-refractivity contribution is 7.09. The molecule has 1 heterocycles. The molecule has 1 aromatic rings. The molecule has 1 aromatic heterocycles. The van der Waals surface area contributed by atoms with Crippen molar-refractivity contribution in [2.45, 2.75) is 65.0 Å². The van der Waals surface area contributed by atoms with E-state index in [1.807, 2.05) is 11.3 Å². The molecule has 3 heteroatoms. The molecule has 1 saturated carbocycles. The first kappa shape index (κ1) is 15.7. The fraction of sp³-hybridized carbons (Fsp3) is 0.706. The van der Waals surface area contributed by atoms with E-state index in [1.165, 1.54) is 36.8 Å². The van der Waals surface area contributed by atoms with Crippen LogP contribution in [0.25, 0.3) is 0 Å². The van der Waals surface area contributed by atoms with Gasteiger partial charge in [0.1, 0.15) is 6.29 Å². The fourth-order valence-corrected chi connectivity index (χ4v) is 3.90. The van der Waals surface area contributed by atoms with Crippen LogP contribution in [0, 0.1) is 5.41 Å². The standard InChI is InChI=1S/C17H27NOS/c1-15(2)18(12-16-8-7-11-20-16)13-17(14-19)9-5-3-4-6-10-17/h7-8,11,14-15H,3-6,9-10,12-13H2,1-2H3. The van der Waals surface area contributed by atoms with E-state index in [4.69, 9.17) is 0 Å². The van der Waals surface area contributed by atoms with E-state index in [0.717, 1.165) is 25.9 Å². The number of aldehydes is 1. The number of thiophene rings is 1. The Morgan fingerprint density at radius 1 is 1.30 bits per heavy atom. The van der Waals surface area contributed by atoms with Gasteiger partial charge in [0.25, 0.3) is 0 Å². The van der Waals surface area contributed by atoms with Gasteiger partial charge in [-0.3, -0.25) is 4.90 Å². The van der Waals surface area contributed by atoms with Crippen LogP contribution in [-0.2, 0) is 11.3 Å². The summed E-state index contributed by atoms with van der Waals surface area (Å²) < 4.78 is 0. The second-order valence-corrected chi connectivity index (χ2v) is 7.50. The van der Waals surface area contributed by atoms with Crippen molar-refractivity contribution in [3.05, 3.63) is 22.4 Å². The van der Waals surface area contributed by atoms with Crippen LogP contribution in [0.2, 0.25) is 0 Å². The number of hydrogen-bond donors (Lipinski definition) is 0. The minimum atomic E-state index is -0.0992. The Labute approximate surface area is 127 Å². The maximum atomic E-state index is 11.8. The minimum absolute atomic E-state index is 0.0992. The van der Waals surface area contributed by atoms with E-state index < -0.39 is 0 Å². The third-order valence-electron chi connectivity index (χ3n) is 4.54. The van der Waals surface area contributed by atoms with Crippen LogP contribution < -0.4 is 0 Å². The Hall–Kier alpha value is -0.670. The van der Waals surface area contributed by atoms with Crippen molar-refractivity contribution in [2.24, 2.45) is 5.41 Å². The average Bonchev–Trinajstić information content (AvgIpc) is 2.83. The van der Waals surface area contributed by atoms with E-state index in [1.54, 1.807) is 0 Å². The summed E-state index contributed by atoms with van der Waals surface area (Å²) in [4.78, 5) is 15.6. The minimum Gasteiger partial charge on any atom is -0.303 e. The molecule has 0 amide bonds. The van der Waals surface area contributed by atoms with Gasteiger partial charge in [-0.15, -0.1) is 11.3 Å². The smallest absolute Gasteiger partial charge is 0.127 e. The lowest BCUT2D eigenvalue weighted by Crippen LogP contribution is -2.41. The van der Waals surface area contributed by atoms with E-state index in [0.29, 0.717) is 6.04 Å². The van der Waals surface area contributed by atoms with Crippen molar-refractivity contribution in [3.8, 4) is 0 Å². The molecular formula is C17H27NOS. The molecule has 0 saturated heterocycles. The zero-order chi connectivity index (χ0) is 14.4. The third kappa shape index (κ3) is 4.16. The number of hydrogen-bond acceptors (Lipinski definition) is 3. The maximum absolute atomic E-state index is 11.8. The molecule has 0 aromatic carbocycles. The molecule has 0 atom stereocenters. The molecule has 1 fully saturated rings. The van der Waals surface area contributed by atoms with Crippen molar-refractivity contribution in [2.75, 3.05) is 6.54 Å². The summed E-state index contributed by atoms with van der Waals surface area (Å²) in [6.07, 6.45) is 8.42. The first-order valence-corrected chi connectivity index (χ1v) is 8.76. The van der Waals surface area contributed by atoms with Crippen molar-refractivity contribution >= 4 is 17.6 Å². The highest BCUT2D eigenvalue weighted by Gasteiger charge is 2.33. The van der Waals surface area contributed by atoms with Gasteiger partial charge < -0.3 is 4.79 Å². The average molecular weight is 293 g/mol. The Kier molecular flexibility index (Phi) is 5.79. The highest BCUT2D eigenvalue weighted by Crippen LogP contribution is 2.35. The number of carbonyl (C=O) groups excluding carboxylic acids is 1. The van der Waals surface area contributed by atoms with Crippen molar-refractivity contribution in [1.29, 1.82) is 0 Å². The van der Waals surface area contributed by atoms with Gasteiger partial charge in [-0.2, -0.15) is 0 Å². The lowest BCUT2D eigenvalue weighted by molar-refractivity contribution is -0.118. The van der Waals surface area contributed by atoms with Crippen LogP contribution in [-0.4, -0.2) is 23.8 Å². The number of carbonyl (C=O) groups is 1. The predicted molar refractivity (Wildman–Crippen MR) is 86.1 cm³/mol. The molecular weight excluding hydrogens is 266 g/mol. The summed E-state index contributed by atoms with van der Waals surface area (Å²) in [5, 5.41) is 2.13. The lowest BCUT2D eigenvalue weighted by atomic mass is 9.81. The monoisotopic (exact) mass is 293 g/mol. The largest absolute Gasteiger partial charge is 0.303 e. The van der Waals surface area contributed by atoms with Gasteiger partial charge in [0, 0.05) is 29.4 Å². The van der Waals surface area contributed by atoms with Crippen LogP contribution in [0.15, 0.2) is 17.5 Å². The zero-order valence-corrected chi connectivity index (χ0v) is 13.6. The molecule has 1 aliphatic rings. The summed E-state index contributed by atoms with van der Waals surface area (Å²) in [6, 6.07) is 4.79. The second-order valence-electron chi connectivity index (χ2n) is 6.47. The van der Waals surface area contributed by atoms with Crippen molar-refractivity contribution in [3.63, 3.8) is 0 Å². The number of rotatable bonds is 6. The second kappa shape index (κ2) is 7.37. The molecule has 1 aliphatic carbocycles. The SMILES string of the molecule is CC(C)N(Cc1cccs1)CC1(C=O)CCCCCC1. The van der Waals surface area contributed by atoms with E-state index in [9.17, 15) is 4.79 Å². The van der Waals surface area contributed by atoms with Gasteiger partial charge >= 0.3 is 0 Å². The third-order valence-corrected chi connectivity index (χ3v) is 5.40. The summed E-state index contributed by atoms with van der Waals surface area (Å²) in [5.74, 6) is 0. The summed E-state index contributed by atoms with van der Waals surface area (Å²) in [5.41, 5.74) is -0.0992. The molecule has 0 unspecified atom stereocenters. The van der Waals surface area contributed by atoms with Crippen LogP contribution in [0.4, 0.5) is 0 Å². The highest BCUT2D eigenvalue weighted by atomic mass is 32.1. The molecule has 0 N–H and O–H groups in total. The van der Waals surface area contributed by atoms with Crippen molar-refractivity contribution < 1.29 is 4.79 Å². The normalized spacial score (nSPS) is 19.2. The maximum Gasteiger partial charge on any atom is 0.127 e. The zero-order valence-electron chi connectivity index (χ0n) is 12.8. The van der Waals surface area contributed by atoms with E-state index in [-0.39, 0.29) is 5.41 Å². The van der Waals surface area contributed by atoms with Crippen LogP contribution >= 0.6 is 11.3 Å². The molecule has 0 bridgehead atoms. The van der Waals surface area contributed by atoms with E-state index >= 15 is 0 Å². The molecule has 2 rings (SSSR count). The Bertz CT molecular complexity index is 391. The number of nitrogens with zero attached hydrogens (tertiary/aromatic N) is 1. The molecule has 0 radical (unpaired) electrons. The van der Waals surface area contributed by atoms with Gasteiger partial charge in [0.05, 0.1) is 0 Å². The topological polar surface area (TPSA) is 20.3 Å². The van der Waals surface area contributed by atoms with Gasteiger partial charge in [-0.25, -0.2) is 0 Å². The van der Waals surface area contributed by atoms with Gasteiger partial charge in [0.2, 0.25) is 0 Å². The molecule has 0 spiro atoms. The van der Waals surface area contributed by atoms with Crippen LogP contribution in [0.1, 0.15) is 57.2 Å². The van der Waals surface area contributed by atoms with E-state index in [2.05, 4.69) is 36.3 Å². The Morgan fingerprint density at radius 2 is 2.00 bits per heavy atom. The summed E-state index contributed by atoms with van der Waals surface area (Å²) in [7, 11) is 0. The first-order valence-electron chi connectivity index (χ1n) is 7.88. The van der Waals surface area contributed by atoms with Crippen molar-refractivity contribution in [1.82, 2.24) is 4.90 Å². The Balaban J connectivity index is 2.06. The molecule has 2 nitrogen and oxygen atoms in total. The van der Waals surface area contributed by atoms with Gasteiger partial charge in [-0.1, -0.05) is 31.7 Å². The quantitative estimate of drug-likeness (QED) is 0.568. The first-order chi connectivity index (χ1) is 9.65. The summed E-state index contributed by atoms with van der Waals surface area (Å²) in [6.45, 7) is 6.38. The van der Waals surface area contributed by atoms with Gasteiger partial charge in [-0.05, 0) is 38.1 Å². The molecule has 20 heavy (non-hydrogen) atoms.